The van der Waals surface area contributed by atoms with Gasteiger partial charge in [0.25, 0.3) is 0 Å². The van der Waals surface area contributed by atoms with Crippen LogP contribution < -0.4 is 0 Å². The van der Waals surface area contributed by atoms with E-state index in [9.17, 15) is 4.39 Å². The molecule has 0 amide bonds. The highest BCUT2D eigenvalue weighted by Crippen LogP contribution is 2.19. The summed E-state index contributed by atoms with van der Waals surface area (Å²) in [6.07, 6.45) is 1.14. The molecule has 1 atom stereocenters. The molecule has 0 radical (unpaired) electrons. The minimum Gasteiger partial charge on any atom is -0.297 e. The van der Waals surface area contributed by atoms with E-state index < -0.39 is 0 Å². The van der Waals surface area contributed by atoms with Gasteiger partial charge in [0.15, 0.2) is 0 Å². The second-order valence-electron chi connectivity index (χ2n) is 4.07. The molecule has 1 unspecified atom stereocenters. The van der Waals surface area contributed by atoms with Gasteiger partial charge in [-0.2, -0.15) is 0 Å². The van der Waals surface area contributed by atoms with E-state index in [1.807, 2.05) is 12.1 Å². The smallest absolute Gasteiger partial charge is 0.137 e. The average Bonchev–Trinajstić information content (AvgIpc) is 2.29. The number of hydrogen-bond donors (Lipinski definition) is 0. The van der Waals surface area contributed by atoms with Crippen molar-refractivity contribution in [3.05, 3.63) is 34.1 Å². The number of halogens is 2. The molecule has 1 nitrogen and oxygen atoms in total. The van der Waals surface area contributed by atoms with Gasteiger partial charge >= 0.3 is 0 Å². The van der Waals surface area contributed by atoms with Gasteiger partial charge in [-0.1, -0.05) is 19.9 Å². The van der Waals surface area contributed by atoms with Crippen LogP contribution in [-0.4, -0.2) is 17.5 Å². The fourth-order valence-corrected chi connectivity index (χ4v) is 2.14. The Morgan fingerprint density at radius 2 is 2.06 bits per heavy atom. The summed E-state index contributed by atoms with van der Waals surface area (Å²) in [6.45, 7) is 8.47. The molecule has 0 saturated heterocycles. The first-order valence-electron chi connectivity index (χ1n) is 5.76. The quantitative estimate of drug-likeness (QED) is 0.784. The van der Waals surface area contributed by atoms with Gasteiger partial charge in [0, 0.05) is 12.6 Å². The van der Waals surface area contributed by atoms with Crippen molar-refractivity contribution in [1.82, 2.24) is 4.90 Å². The molecule has 90 valence electrons. The second-order valence-corrected chi connectivity index (χ2v) is 4.92. The van der Waals surface area contributed by atoms with Crippen molar-refractivity contribution in [3.63, 3.8) is 0 Å². The highest BCUT2D eigenvalue weighted by Gasteiger charge is 2.11. The van der Waals surface area contributed by atoms with Crippen LogP contribution in [0.25, 0.3) is 0 Å². The Kier molecular flexibility index (Phi) is 5.42. The van der Waals surface area contributed by atoms with Crippen LogP contribution in [0.15, 0.2) is 22.7 Å². The maximum Gasteiger partial charge on any atom is 0.137 e. The number of rotatable bonds is 5. The van der Waals surface area contributed by atoms with E-state index >= 15 is 0 Å². The van der Waals surface area contributed by atoms with Gasteiger partial charge in [-0.3, -0.25) is 4.90 Å². The second kappa shape index (κ2) is 6.36. The van der Waals surface area contributed by atoms with Crippen molar-refractivity contribution in [2.45, 2.75) is 39.8 Å². The lowest BCUT2D eigenvalue weighted by Crippen LogP contribution is -2.31. The number of hydrogen-bond acceptors (Lipinski definition) is 1. The largest absolute Gasteiger partial charge is 0.297 e. The zero-order valence-corrected chi connectivity index (χ0v) is 11.7. The Morgan fingerprint density at radius 3 is 2.56 bits per heavy atom. The predicted octanol–water partition coefficient (Wildman–Crippen LogP) is 4.21. The van der Waals surface area contributed by atoms with Crippen molar-refractivity contribution in [3.8, 4) is 0 Å². The fourth-order valence-electron chi connectivity index (χ4n) is 1.71. The molecule has 3 heteroatoms. The van der Waals surface area contributed by atoms with Crippen LogP contribution in [-0.2, 0) is 6.54 Å². The standard InChI is InChI=1S/C13H19BrFN/c1-4-10(3)16(5-2)9-11-6-7-13(15)12(14)8-11/h6-8,10H,4-5,9H2,1-3H3. The van der Waals surface area contributed by atoms with Gasteiger partial charge < -0.3 is 0 Å². The topological polar surface area (TPSA) is 3.24 Å². The Balaban J connectivity index is 2.74. The molecule has 0 N–H and O–H groups in total. The van der Waals surface area contributed by atoms with Gasteiger partial charge in [-0.25, -0.2) is 4.39 Å². The Labute approximate surface area is 106 Å². The molecular weight excluding hydrogens is 269 g/mol. The van der Waals surface area contributed by atoms with Crippen molar-refractivity contribution < 1.29 is 4.39 Å². The molecule has 1 aromatic rings. The summed E-state index contributed by atoms with van der Waals surface area (Å²) in [5, 5.41) is 0. The molecule has 16 heavy (non-hydrogen) atoms. The van der Waals surface area contributed by atoms with Crippen LogP contribution in [0.5, 0.6) is 0 Å². The molecular formula is C13H19BrFN. The van der Waals surface area contributed by atoms with Gasteiger partial charge in [-0.05, 0) is 53.5 Å². The molecule has 0 aromatic heterocycles. The maximum atomic E-state index is 13.1. The zero-order chi connectivity index (χ0) is 12.1. The van der Waals surface area contributed by atoms with Crippen molar-refractivity contribution >= 4 is 15.9 Å². The average molecular weight is 288 g/mol. The van der Waals surface area contributed by atoms with E-state index in [2.05, 4.69) is 41.6 Å². The fraction of sp³-hybridized carbons (Fsp3) is 0.538. The lowest BCUT2D eigenvalue weighted by atomic mass is 10.1. The normalized spacial score (nSPS) is 13.1. The van der Waals surface area contributed by atoms with E-state index in [-0.39, 0.29) is 5.82 Å². The molecule has 0 aliphatic rings. The van der Waals surface area contributed by atoms with Gasteiger partial charge in [0.05, 0.1) is 4.47 Å². The van der Waals surface area contributed by atoms with Gasteiger partial charge in [0.1, 0.15) is 5.82 Å². The SMILES string of the molecule is CCC(C)N(CC)Cc1ccc(F)c(Br)c1. The highest BCUT2D eigenvalue weighted by molar-refractivity contribution is 9.10. The van der Waals surface area contributed by atoms with Crippen LogP contribution in [0.1, 0.15) is 32.8 Å². The summed E-state index contributed by atoms with van der Waals surface area (Å²) in [5.74, 6) is -0.199. The molecule has 1 aromatic carbocycles. The summed E-state index contributed by atoms with van der Waals surface area (Å²) in [7, 11) is 0. The Bertz CT molecular complexity index is 341. The van der Waals surface area contributed by atoms with E-state index in [1.165, 1.54) is 6.07 Å². The number of nitrogens with zero attached hydrogens (tertiary/aromatic N) is 1. The van der Waals surface area contributed by atoms with Crippen molar-refractivity contribution in [2.24, 2.45) is 0 Å². The summed E-state index contributed by atoms with van der Waals surface area (Å²) in [6, 6.07) is 5.80. The molecule has 0 aliphatic heterocycles. The molecule has 0 fully saturated rings. The third-order valence-electron chi connectivity index (χ3n) is 2.99. The Hall–Kier alpha value is -0.410. The van der Waals surface area contributed by atoms with E-state index in [0.29, 0.717) is 10.5 Å². The molecule has 0 bridgehead atoms. The first-order valence-corrected chi connectivity index (χ1v) is 6.55. The van der Waals surface area contributed by atoms with Crippen molar-refractivity contribution in [2.75, 3.05) is 6.54 Å². The third kappa shape index (κ3) is 3.56. The summed E-state index contributed by atoms with van der Waals surface area (Å²) >= 11 is 3.22. The van der Waals surface area contributed by atoms with Crippen LogP contribution in [0.4, 0.5) is 4.39 Å². The predicted molar refractivity (Wildman–Crippen MR) is 69.9 cm³/mol. The highest BCUT2D eigenvalue weighted by atomic mass is 79.9. The molecule has 0 spiro atoms. The van der Waals surface area contributed by atoms with Crippen LogP contribution in [0.2, 0.25) is 0 Å². The summed E-state index contributed by atoms with van der Waals surface area (Å²) < 4.78 is 13.6. The molecule has 0 saturated carbocycles. The monoisotopic (exact) mass is 287 g/mol. The first kappa shape index (κ1) is 13.7. The third-order valence-corrected chi connectivity index (χ3v) is 3.60. The Morgan fingerprint density at radius 1 is 1.38 bits per heavy atom. The van der Waals surface area contributed by atoms with E-state index in [0.717, 1.165) is 25.1 Å². The van der Waals surface area contributed by atoms with E-state index in [1.54, 1.807) is 0 Å². The van der Waals surface area contributed by atoms with Crippen LogP contribution in [0.3, 0.4) is 0 Å². The van der Waals surface area contributed by atoms with Crippen LogP contribution in [0, 0.1) is 5.82 Å². The lowest BCUT2D eigenvalue weighted by molar-refractivity contribution is 0.206. The summed E-state index contributed by atoms with van der Waals surface area (Å²) in [5.41, 5.74) is 1.15. The molecule has 0 aliphatic carbocycles. The maximum absolute atomic E-state index is 13.1. The minimum atomic E-state index is -0.199. The molecule has 1 rings (SSSR count). The lowest BCUT2D eigenvalue weighted by Gasteiger charge is -2.27. The number of benzene rings is 1. The zero-order valence-electron chi connectivity index (χ0n) is 10.1. The first-order chi connectivity index (χ1) is 7.58. The molecule has 0 heterocycles. The van der Waals surface area contributed by atoms with E-state index in [4.69, 9.17) is 0 Å². The minimum absolute atomic E-state index is 0.199. The van der Waals surface area contributed by atoms with Gasteiger partial charge in [0.2, 0.25) is 0 Å². The van der Waals surface area contributed by atoms with Gasteiger partial charge in [-0.15, -0.1) is 0 Å². The van der Waals surface area contributed by atoms with Crippen molar-refractivity contribution in [1.29, 1.82) is 0 Å². The summed E-state index contributed by atoms with van der Waals surface area (Å²) in [4.78, 5) is 2.39. The van der Waals surface area contributed by atoms with Crippen LogP contribution >= 0.6 is 15.9 Å².